The van der Waals surface area contributed by atoms with Crippen molar-refractivity contribution in [3.8, 4) is 5.75 Å². The van der Waals surface area contributed by atoms with E-state index in [1.54, 1.807) is 28.6 Å². The van der Waals surface area contributed by atoms with Crippen LogP contribution < -0.4 is 4.74 Å². The summed E-state index contributed by atoms with van der Waals surface area (Å²) in [5.41, 5.74) is 0. The van der Waals surface area contributed by atoms with Crippen LogP contribution in [0.15, 0.2) is 29.2 Å². The molecule has 0 unspecified atom stereocenters. The number of likely N-dealkylation sites (tertiary alicyclic amines) is 1. The van der Waals surface area contributed by atoms with Gasteiger partial charge in [-0.3, -0.25) is 4.90 Å². The Morgan fingerprint density at radius 3 is 2.45 bits per heavy atom. The van der Waals surface area contributed by atoms with Crippen molar-refractivity contribution in [2.24, 2.45) is 0 Å². The molecular weight excluding hydrogens is 276 g/mol. The highest BCUT2D eigenvalue weighted by molar-refractivity contribution is 7.89. The van der Waals surface area contributed by atoms with Crippen molar-refractivity contribution in [1.82, 2.24) is 9.21 Å². The summed E-state index contributed by atoms with van der Waals surface area (Å²) >= 11 is 0. The van der Waals surface area contributed by atoms with E-state index in [1.807, 2.05) is 0 Å². The van der Waals surface area contributed by atoms with Gasteiger partial charge in [0.25, 0.3) is 0 Å². The van der Waals surface area contributed by atoms with Gasteiger partial charge < -0.3 is 4.74 Å². The maximum Gasteiger partial charge on any atom is 0.246 e. The number of hydrogen-bond donors (Lipinski definition) is 0. The third-order valence-electron chi connectivity index (χ3n) is 4.17. The van der Waals surface area contributed by atoms with Crippen molar-refractivity contribution < 1.29 is 13.2 Å². The monoisotopic (exact) mass is 296 g/mol. The number of sulfonamides is 1. The fraction of sp³-hybridized carbons (Fsp3) is 0.571. The predicted molar refractivity (Wildman–Crippen MR) is 76.3 cm³/mol. The van der Waals surface area contributed by atoms with E-state index in [1.165, 1.54) is 20.0 Å². The zero-order valence-electron chi connectivity index (χ0n) is 11.7. The molecule has 0 N–H and O–H groups in total. The molecule has 2 aliphatic rings. The SMILES string of the molecule is COc1ccccc1S(=O)(=O)N1CC(N2CCCC2)C1. The van der Waals surface area contributed by atoms with Crippen LogP contribution in [-0.2, 0) is 10.0 Å². The predicted octanol–water partition coefficient (Wildman–Crippen LogP) is 1.16. The lowest BCUT2D eigenvalue weighted by atomic mass is 10.1. The number of para-hydroxylation sites is 1. The summed E-state index contributed by atoms with van der Waals surface area (Å²) in [5.74, 6) is 0.414. The van der Waals surface area contributed by atoms with E-state index >= 15 is 0 Å². The quantitative estimate of drug-likeness (QED) is 0.837. The Balaban J connectivity index is 1.74. The molecule has 0 saturated carbocycles. The molecule has 0 aliphatic carbocycles. The first-order valence-electron chi connectivity index (χ1n) is 7.00. The average molecular weight is 296 g/mol. The van der Waals surface area contributed by atoms with Crippen LogP contribution in [0.3, 0.4) is 0 Å². The van der Waals surface area contributed by atoms with Gasteiger partial charge in [-0.15, -0.1) is 0 Å². The first-order valence-corrected chi connectivity index (χ1v) is 8.44. The van der Waals surface area contributed by atoms with E-state index in [4.69, 9.17) is 4.74 Å². The minimum atomic E-state index is -3.43. The highest BCUT2D eigenvalue weighted by Gasteiger charge is 2.41. The number of benzene rings is 1. The molecule has 110 valence electrons. The smallest absolute Gasteiger partial charge is 0.246 e. The van der Waals surface area contributed by atoms with Crippen LogP contribution in [0.5, 0.6) is 5.75 Å². The highest BCUT2D eigenvalue weighted by Crippen LogP contribution is 2.30. The average Bonchev–Trinajstić information content (AvgIpc) is 2.90. The van der Waals surface area contributed by atoms with Gasteiger partial charge in [-0.1, -0.05) is 12.1 Å². The summed E-state index contributed by atoms with van der Waals surface area (Å²) in [6.07, 6.45) is 2.46. The van der Waals surface area contributed by atoms with E-state index in [2.05, 4.69) is 4.90 Å². The molecule has 3 rings (SSSR count). The largest absolute Gasteiger partial charge is 0.495 e. The minimum absolute atomic E-state index is 0.266. The molecule has 0 aromatic heterocycles. The van der Waals surface area contributed by atoms with E-state index < -0.39 is 10.0 Å². The Morgan fingerprint density at radius 2 is 1.80 bits per heavy atom. The van der Waals surface area contributed by atoms with E-state index in [-0.39, 0.29) is 4.90 Å². The van der Waals surface area contributed by atoms with Crippen LogP contribution >= 0.6 is 0 Å². The molecule has 1 aromatic rings. The van der Waals surface area contributed by atoms with Gasteiger partial charge >= 0.3 is 0 Å². The molecule has 2 saturated heterocycles. The van der Waals surface area contributed by atoms with Crippen LogP contribution in [0, 0.1) is 0 Å². The van der Waals surface area contributed by atoms with E-state index in [9.17, 15) is 8.42 Å². The second-order valence-electron chi connectivity index (χ2n) is 5.37. The molecule has 20 heavy (non-hydrogen) atoms. The molecule has 2 aliphatic heterocycles. The first-order chi connectivity index (χ1) is 9.63. The summed E-state index contributed by atoms with van der Waals surface area (Å²) in [6, 6.07) is 7.19. The number of rotatable bonds is 4. The molecule has 0 atom stereocenters. The van der Waals surface area contributed by atoms with Gasteiger partial charge in [-0.2, -0.15) is 4.31 Å². The van der Waals surface area contributed by atoms with Gasteiger partial charge in [0.05, 0.1) is 7.11 Å². The topological polar surface area (TPSA) is 49.9 Å². The second-order valence-corrected chi connectivity index (χ2v) is 7.28. The van der Waals surface area contributed by atoms with Gasteiger partial charge in [-0.25, -0.2) is 8.42 Å². The van der Waals surface area contributed by atoms with Gasteiger partial charge in [0.2, 0.25) is 10.0 Å². The third kappa shape index (κ3) is 2.32. The fourth-order valence-electron chi connectivity index (χ4n) is 2.92. The fourth-order valence-corrected chi connectivity index (χ4v) is 4.59. The summed E-state index contributed by atoms with van der Waals surface area (Å²) in [6.45, 7) is 3.40. The van der Waals surface area contributed by atoms with Crippen molar-refractivity contribution >= 4 is 10.0 Å². The van der Waals surface area contributed by atoms with Crippen LogP contribution in [0.1, 0.15) is 12.8 Å². The summed E-state index contributed by atoms with van der Waals surface area (Å²) in [7, 11) is -1.93. The Labute approximate surface area is 120 Å². The van der Waals surface area contributed by atoms with Crippen molar-refractivity contribution in [3.05, 3.63) is 24.3 Å². The Bertz CT molecular complexity index is 576. The molecule has 5 nitrogen and oxygen atoms in total. The van der Waals surface area contributed by atoms with E-state index in [0.717, 1.165) is 13.1 Å². The molecule has 2 heterocycles. The maximum absolute atomic E-state index is 12.6. The summed E-state index contributed by atoms with van der Waals surface area (Å²) < 4.78 is 31.9. The molecule has 1 aromatic carbocycles. The maximum atomic E-state index is 12.6. The molecule has 2 fully saturated rings. The van der Waals surface area contributed by atoms with E-state index in [0.29, 0.717) is 24.9 Å². The second kappa shape index (κ2) is 5.35. The summed E-state index contributed by atoms with van der Waals surface area (Å²) in [4.78, 5) is 2.66. The van der Waals surface area contributed by atoms with Gasteiger partial charge in [0, 0.05) is 19.1 Å². The van der Waals surface area contributed by atoms with Gasteiger partial charge in [0.15, 0.2) is 0 Å². The van der Waals surface area contributed by atoms with Crippen LogP contribution in [-0.4, -0.2) is 57.0 Å². The van der Waals surface area contributed by atoms with Crippen molar-refractivity contribution in [2.45, 2.75) is 23.8 Å². The lowest BCUT2D eigenvalue weighted by Gasteiger charge is -2.43. The number of hydrogen-bond acceptors (Lipinski definition) is 4. The molecule has 0 radical (unpaired) electrons. The molecule has 0 amide bonds. The van der Waals surface area contributed by atoms with Gasteiger partial charge in [0.1, 0.15) is 10.6 Å². The van der Waals surface area contributed by atoms with Gasteiger partial charge in [-0.05, 0) is 38.1 Å². The van der Waals surface area contributed by atoms with Crippen LogP contribution in [0.4, 0.5) is 0 Å². The number of methoxy groups -OCH3 is 1. The van der Waals surface area contributed by atoms with Crippen molar-refractivity contribution in [3.63, 3.8) is 0 Å². The standard InChI is InChI=1S/C14H20N2O3S/c1-19-13-6-2-3-7-14(13)20(17,18)16-10-12(11-16)15-8-4-5-9-15/h2-3,6-7,12H,4-5,8-11H2,1H3. The number of nitrogens with zero attached hydrogens (tertiary/aromatic N) is 2. The zero-order chi connectivity index (χ0) is 14.2. The molecule has 0 spiro atoms. The zero-order valence-corrected chi connectivity index (χ0v) is 12.5. The Kier molecular flexibility index (Phi) is 3.70. The van der Waals surface area contributed by atoms with Crippen LogP contribution in [0.25, 0.3) is 0 Å². The minimum Gasteiger partial charge on any atom is -0.495 e. The molecule has 0 bridgehead atoms. The van der Waals surface area contributed by atoms with Crippen molar-refractivity contribution in [1.29, 1.82) is 0 Å². The highest BCUT2D eigenvalue weighted by atomic mass is 32.2. The number of ether oxygens (including phenoxy) is 1. The lowest BCUT2D eigenvalue weighted by molar-refractivity contribution is 0.110. The van der Waals surface area contributed by atoms with Crippen LogP contribution in [0.2, 0.25) is 0 Å². The Morgan fingerprint density at radius 1 is 1.15 bits per heavy atom. The lowest BCUT2D eigenvalue weighted by Crippen LogP contribution is -2.60. The first kappa shape index (κ1) is 13.9. The molecule has 6 heteroatoms. The summed E-state index contributed by atoms with van der Waals surface area (Å²) in [5, 5.41) is 0. The third-order valence-corrected chi connectivity index (χ3v) is 6.04. The normalized spacial score (nSPS) is 21.9. The molecular formula is C14H20N2O3S. The Hall–Kier alpha value is -1.11. The van der Waals surface area contributed by atoms with Crippen molar-refractivity contribution in [2.75, 3.05) is 33.3 Å².